The summed E-state index contributed by atoms with van der Waals surface area (Å²) in [6.45, 7) is 3.31. The molecule has 1 aromatic rings. The zero-order valence-corrected chi connectivity index (χ0v) is 11.3. The minimum atomic E-state index is 0.129. The Hall–Kier alpha value is -1.02. The third kappa shape index (κ3) is 2.03. The van der Waals surface area contributed by atoms with Gasteiger partial charge in [0.2, 0.25) is 0 Å². The van der Waals surface area contributed by atoms with Crippen LogP contribution in [0.1, 0.15) is 50.6 Å². The van der Waals surface area contributed by atoms with Gasteiger partial charge in [-0.2, -0.15) is 0 Å². The highest BCUT2D eigenvalue weighted by molar-refractivity contribution is 5.56. The second-order valence-corrected chi connectivity index (χ2v) is 5.94. The summed E-state index contributed by atoms with van der Waals surface area (Å²) in [6, 6.07) is 9.61. The Bertz CT molecular complexity index is 413. The highest BCUT2D eigenvalue weighted by atomic mass is 15.2. The van der Waals surface area contributed by atoms with Crippen molar-refractivity contribution in [2.75, 3.05) is 11.4 Å². The highest BCUT2D eigenvalue weighted by Gasteiger charge is 2.36. The molecule has 1 aliphatic carbocycles. The molecule has 2 unspecified atom stereocenters. The fourth-order valence-corrected chi connectivity index (χ4v) is 3.84. The van der Waals surface area contributed by atoms with Gasteiger partial charge in [0.25, 0.3) is 0 Å². The van der Waals surface area contributed by atoms with Crippen molar-refractivity contribution >= 4 is 5.69 Å². The maximum absolute atomic E-state index is 6.12. The van der Waals surface area contributed by atoms with Gasteiger partial charge in [0, 0.05) is 24.3 Å². The Morgan fingerprint density at radius 3 is 2.78 bits per heavy atom. The zero-order chi connectivity index (χ0) is 12.5. The van der Waals surface area contributed by atoms with Crippen LogP contribution in [-0.2, 0) is 0 Å². The first-order valence-electron chi connectivity index (χ1n) is 7.38. The minimum absolute atomic E-state index is 0.129. The van der Waals surface area contributed by atoms with Crippen molar-refractivity contribution in [3.63, 3.8) is 0 Å². The predicted octanol–water partition coefficient (Wildman–Crippen LogP) is 3.48. The molecule has 3 atom stereocenters. The number of anilines is 1. The smallest absolute Gasteiger partial charge is 0.0417 e. The molecule has 0 bridgehead atoms. The van der Waals surface area contributed by atoms with Crippen LogP contribution in [-0.4, -0.2) is 12.6 Å². The van der Waals surface area contributed by atoms with E-state index in [2.05, 4.69) is 36.1 Å². The van der Waals surface area contributed by atoms with E-state index in [9.17, 15) is 0 Å². The third-order valence-electron chi connectivity index (χ3n) is 4.75. The minimum Gasteiger partial charge on any atom is -0.368 e. The quantitative estimate of drug-likeness (QED) is 0.863. The summed E-state index contributed by atoms with van der Waals surface area (Å²) in [5.74, 6) is 0.930. The molecule has 1 aromatic carbocycles. The van der Waals surface area contributed by atoms with Crippen LogP contribution >= 0.6 is 0 Å². The molecule has 2 fully saturated rings. The standard InChI is InChI=1S/C16H24N2/c1-12(17)14-7-3-5-9-16(14)18-11-10-13-6-2-4-8-15(13)18/h3,5,7,9,12-13,15H,2,4,6,8,10-11,17H2,1H3/t12-,13?,15?/m1/s1. The monoisotopic (exact) mass is 244 g/mol. The number of benzene rings is 1. The molecular formula is C16H24N2. The summed E-state index contributed by atoms with van der Waals surface area (Å²) in [4.78, 5) is 2.64. The molecule has 2 aliphatic rings. The third-order valence-corrected chi connectivity index (χ3v) is 4.75. The van der Waals surface area contributed by atoms with Crippen LogP contribution in [0.3, 0.4) is 0 Å². The molecule has 98 valence electrons. The molecule has 1 saturated heterocycles. The highest BCUT2D eigenvalue weighted by Crippen LogP contribution is 2.40. The van der Waals surface area contributed by atoms with E-state index in [1.54, 1.807) is 0 Å². The van der Waals surface area contributed by atoms with Gasteiger partial charge in [-0.05, 0) is 43.7 Å². The van der Waals surface area contributed by atoms with Gasteiger partial charge < -0.3 is 10.6 Å². The molecule has 0 aromatic heterocycles. The number of fused-ring (bicyclic) bond motifs is 1. The van der Waals surface area contributed by atoms with Gasteiger partial charge in [-0.1, -0.05) is 31.0 Å². The van der Waals surface area contributed by atoms with Crippen molar-refractivity contribution in [3.8, 4) is 0 Å². The van der Waals surface area contributed by atoms with Gasteiger partial charge in [-0.25, -0.2) is 0 Å². The summed E-state index contributed by atoms with van der Waals surface area (Å²) >= 11 is 0. The van der Waals surface area contributed by atoms with Gasteiger partial charge in [0.1, 0.15) is 0 Å². The van der Waals surface area contributed by atoms with E-state index in [1.165, 1.54) is 49.9 Å². The van der Waals surface area contributed by atoms with Crippen molar-refractivity contribution in [1.82, 2.24) is 0 Å². The number of hydrogen-bond donors (Lipinski definition) is 1. The lowest BCUT2D eigenvalue weighted by atomic mass is 9.85. The lowest BCUT2D eigenvalue weighted by Crippen LogP contribution is -2.35. The van der Waals surface area contributed by atoms with E-state index < -0.39 is 0 Å². The summed E-state index contributed by atoms with van der Waals surface area (Å²) in [5.41, 5.74) is 8.82. The van der Waals surface area contributed by atoms with E-state index in [-0.39, 0.29) is 6.04 Å². The van der Waals surface area contributed by atoms with Gasteiger partial charge in [-0.3, -0.25) is 0 Å². The lowest BCUT2D eigenvalue weighted by Gasteiger charge is -2.34. The second-order valence-electron chi connectivity index (χ2n) is 5.94. The van der Waals surface area contributed by atoms with E-state index >= 15 is 0 Å². The molecule has 2 nitrogen and oxygen atoms in total. The first-order valence-corrected chi connectivity index (χ1v) is 7.38. The van der Waals surface area contributed by atoms with Crippen molar-refractivity contribution in [2.45, 2.75) is 51.1 Å². The average molecular weight is 244 g/mol. The number of nitrogens with zero attached hydrogens (tertiary/aromatic N) is 1. The van der Waals surface area contributed by atoms with E-state index in [0.29, 0.717) is 0 Å². The maximum atomic E-state index is 6.12. The van der Waals surface area contributed by atoms with Crippen LogP contribution < -0.4 is 10.6 Å². The number of para-hydroxylation sites is 1. The molecule has 0 radical (unpaired) electrons. The fourth-order valence-electron chi connectivity index (χ4n) is 3.84. The molecule has 2 heteroatoms. The van der Waals surface area contributed by atoms with Crippen LogP contribution in [0.15, 0.2) is 24.3 Å². The zero-order valence-electron chi connectivity index (χ0n) is 11.3. The summed E-state index contributed by atoms with van der Waals surface area (Å²) in [5, 5.41) is 0. The lowest BCUT2D eigenvalue weighted by molar-refractivity contribution is 0.342. The summed E-state index contributed by atoms with van der Waals surface area (Å²) in [6.07, 6.45) is 7.01. The van der Waals surface area contributed by atoms with Gasteiger partial charge in [0.05, 0.1) is 0 Å². The number of rotatable bonds is 2. The predicted molar refractivity (Wildman–Crippen MR) is 76.8 cm³/mol. The number of nitrogens with two attached hydrogens (primary N) is 1. The van der Waals surface area contributed by atoms with Gasteiger partial charge in [0.15, 0.2) is 0 Å². The Labute approximate surface area is 110 Å². The van der Waals surface area contributed by atoms with Crippen molar-refractivity contribution in [1.29, 1.82) is 0 Å². The van der Waals surface area contributed by atoms with Crippen LogP contribution in [0.5, 0.6) is 0 Å². The Kier molecular flexibility index (Phi) is 3.29. The molecule has 0 amide bonds. The molecule has 3 rings (SSSR count). The molecule has 18 heavy (non-hydrogen) atoms. The van der Waals surface area contributed by atoms with Crippen molar-refractivity contribution in [2.24, 2.45) is 11.7 Å². The fraction of sp³-hybridized carbons (Fsp3) is 0.625. The van der Waals surface area contributed by atoms with Crippen molar-refractivity contribution in [3.05, 3.63) is 29.8 Å². The molecule has 1 saturated carbocycles. The van der Waals surface area contributed by atoms with Crippen molar-refractivity contribution < 1.29 is 0 Å². The number of hydrogen-bond acceptors (Lipinski definition) is 2. The van der Waals surface area contributed by atoms with Crippen LogP contribution in [0.25, 0.3) is 0 Å². The molecule has 1 heterocycles. The van der Waals surface area contributed by atoms with Crippen LogP contribution in [0.2, 0.25) is 0 Å². The maximum Gasteiger partial charge on any atom is 0.0417 e. The van der Waals surface area contributed by atoms with E-state index in [1.807, 2.05) is 0 Å². The average Bonchev–Trinajstić information content (AvgIpc) is 2.82. The Morgan fingerprint density at radius 1 is 1.17 bits per heavy atom. The first kappa shape index (κ1) is 12.0. The molecule has 0 spiro atoms. The van der Waals surface area contributed by atoms with Gasteiger partial charge >= 0.3 is 0 Å². The Balaban J connectivity index is 1.90. The molecule has 1 aliphatic heterocycles. The van der Waals surface area contributed by atoms with E-state index in [0.717, 1.165) is 12.0 Å². The molecule has 2 N–H and O–H groups in total. The van der Waals surface area contributed by atoms with Crippen LogP contribution in [0, 0.1) is 5.92 Å². The first-order chi connectivity index (χ1) is 8.77. The topological polar surface area (TPSA) is 29.3 Å². The second kappa shape index (κ2) is 4.93. The summed E-state index contributed by atoms with van der Waals surface area (Å²) < 4.78 is 0. The largest absolute Gasteiger partial charge is 0.368 e. The normalized spacial score (nSPS) is 29.1. The van der Waals surface area contributed by atoms with E-state index in [4.69, 9.17) is 5.73 Å². The van der Waals surface area contributed by atoms with Crippen LogP contribution in [0.4, 0.5) is 5.69 Å². The molecular weight excluding hydrogens is 220 g/mol. The Morgan fingerprint density at radius 2 is 1.94 bits per heavy atom. The summed E-state index contributed by atoms with van der Waals surface area (Å²) in [7, 11) is 0. The SMILES string of the molecule is C[C@@H](N)c1ccccc1N1CCC2CCCCC21. The van der Waals surface area contributed by atoms with Gasteiger partial charge in [-0.15, -0.1) is 0 Å².